The van der Waals surface area contributed by atoms with Gasteiger partial charge < -0.3 is 0 Å². The van der Waals surface area contributed by atoms with Crippen LogP contribution in [0.4, 0.5) is 13.2 Å². The van der Waals surface area contributed by atoms with Gasteiger partial charge in [0.2, 0.25) is 0 Å². The van der Waals surface area contributed by atoms with Gasteiger partial charge in [-0.25, -0.2) is 4.79 Å². The summed E-state index contributed by atoms with van der Waals surface area (Å²) in [6.45, 7) is 0. The second-order valence-electron chi connectivity index (χ2n) is 6.85. The number of aryl methyl sites for hydroxylation is 2. The van der Waals surface area contributed by atoms with E-state index in [1.165, 1.54) is 11.6 Å². The lowest BCUT2D eigenvalue weighted by Crippen LogP contribution is -2.42. The van der Waals surface area contributed by atoms with Crippen LogP contribution in [-0.2, 0) is 19.6 Å². The Labute approximate surface area is 152 Å². The second kappa shape index (κ2) is 6.11. The van der Waals surface area contributed by atoms with Gasteiger partial charge >= 0.3 is 11.9 Å². The number of nitrogens with zero attached hydrogens (tertiary/aromatic N) is 2. The normalized spacial score (nSPS) is 17.1. The first kappa shape index (κ1) is 17.6. The number of alkyl halides is 3. The van der Waals surface area contributed by atoms with Crippen LogP contribution < -0.4 is 11.2 Å². The van der Waals surface area contributed by atoms with Crippen LogP contribution in [0.25, 0.3) is 10.9 Å². The number of rotatable bonds is 1. The molecule has 1 atom stereocenters. The maximum atomic E-state index is 13.0. The minimum Gasteiger partial charge on any atom is -0.296 e. The van der Waals surface area contributed by atoms with E-state index in [-0.39, 0.29) is 10.9 Å². The zero-order chi connectivity index (χ0) is 19.3. The van der Waals surface area contributed by atoms with Crippen molar-refractivity contribution in [3.8, 4) is 0 Å². The third kappa shape index (κ3) is 2.78. The van der Waals surface area contributed by atoms with Gasteiger partial charge in [0, 0.05) is 7.05 Å². The Balaban J connectivity index is 1.99. The maximum absolute atomic E-state index is 13.0. The highest BCUT2D eigenvalue weighted by Gasteiger charge is 2.32. The molecule has 4 rings (SSSR count). The SMILES string of the molecule is Cn1c(=O)n(C2CCCc3ccccc32)c(=O)c2ccc(C(F)(F)F)cc21. The van der Waals surface area contributed by atoms with Crippen molar-refractivity contribution in [1.29, 1.82) is 0 Å². The first-order valence-electron chi connectivity index (χ1n) is 8.69. The van der Waals surface area contributed by atoms with Gasteiger partial charge in [-0.15, -0.1) is 0 Å². The van der Waals surface area contributed by atoms with Crippen LogP contribution in [0, 0.1) is 0 Å². The zero-order valence-corrected chi connectivity index (χ0v) is 14.6. The predicted molar refractivity (Wildman–Crippen MR) is 96.0 cm³/mol. The number of aromatic nitrogens is 2. The molecular weight excluding hydrogens is 357 g/mol. The van der Waals surface area contributed by atoms with E-state index in [2.05, 4.69) is 0 Å². The van der Waals surface area contributed by atoms with Crippen LogP contribution in [0.3, 0.4) is 0 Å². The summed E-state index contributed by atoms with van der Waals surface area (Å²) in [6, 6.07) is 10.2. The van der Waals surface area contributed by atoms with Crippen molar-refractivity contribution in [3.05, 3.63) is 80.0 Å². The van der Waals surface area contributed by atoms with Crippen molar-refractivity contribution in [2.75, 3.05) is 0 Å². The highest BCUT2D eigenvalue weighted by Crippen LogP contribution is 2.32. The van der Waals surface area contributed by atoms with Crippen LogP contribution >= 0.6 is 0 Å². The molecule has 0 N–H and O–H groups in total. The van der Waals surface area contributed by atoms with E-state index in [0.29, 0.717) is 6.42 Å². The second-order valence-corrected chi connectivity index (χ2v) is 6.85. The summed E-state index contributed by atoms with van der Waals surface area (Å²) in [7, 11) is 1.40. The third-order valence-electron chi connectivity index (χ3n) is 5.28. The smallest absolute Gasteiger partial charge is 0.296 e. The van der Waals surface area contributed by atoms with Gasteiger partial charge in [0.25, 0.3) is 5.56 Å². The molecule has 3 aromatic rings. The molecule has 1 aromatic heterocycles. The van der Waals surface area contributed by atoms with Crippen molar-refractivity contribution in [2.45, 2.75) is 31.5 Å². The Morgan fingerprint density at radius 3 is 2.56 bits per heavy atom. The average molecular weight is 374 g/mol. The molecule has 7 heteroatoms. The molecule has 0 amide bonds. The minimum atomic E-state index is -4.54. The van der Waals surface area contributed by atoms with Gasteiger partial charge in [-0.2, -0.15) is 13.2 Å². The predicted octanol–water partition coefficient (Wildman–Crippen LogP) is 3.64. The Hall–Kier alpha value is -2.83. The number of hydrogen-bond acceptors (Lipinski definition) is 2. The van der Waals surface area contributed by atoms with Gasteiger partial charge in [-0.1, -0.05) is 24.3 Å². The van der Waals surface area contributed by atoms with Crippen molar-refractivity contribution in [3.63, 3.8) is 0 Å². The van der Waals surface area contributed by atoms with E-state index in [0.717, 1.165) is 46.7 Å². The molecule has 27 heavy (non-hydrogen) atoms. The fourth-order valence-corrected chi connectivity index (χ4v) is 3.92. The third-order valence-corrected chi connectivity index (χ3v) is 5.28. The van der Waals surface area contributed by atoms with Gasteiger partial charge in [-0.3, -0.25) is 13.9 Å². The van der Waals surface area contributed by atoms with Crippen molar-refractivity contribution < 1.29 is 13.2 Å². The molecule has 1 aliphatic carbocycles. The molecule has 2 aromatic carbocycles. The van der Waals surface area contributed by atoms with Gasteiger partial charge in [0.05, 0.1) is 22.5 Å². The summed E-state index contributed by atoms with van der Waals surface area (Å²) in [5.41, 5.74) is -0.0354. The highest BCUT2D eigenvalue weighted by atomic mass is 19.4. The Kier molecular flexibility index (Phi) is 3.98. The molecule has 0 aliphatic heterocycles. The number of hydrogen-bond donors (Lipinski definition) is 0. The summed E-state index contributed by atoms with van der Waals surface area (Å²) in [4.78, 5) is 26.0. The highest BCUT2D eigenvalue weighted by molar-refractivity contribution is 5.79. The summed E-state index contributed by atoms with van der Waals surface area (Å²) < 4.78 is 41.4. The fraction of sp³-hybridized carbons (Fsp3) is 0.300. The van der Waals surface area contributed by atoms with Crippen LogP contribution in [0.5, 0.6) is 0 Å². The van der Waals surface area contributed by atoms with Gasteiger partial charge in [0.1, 0.15) is 0 Å². The quantitative estimate of drug-likeness (QED) is 0.653. The monoisotopic (exact) mass is 374 g/mol. The molecule has 1 aliphatic rings. The molecule has 0 fully saturated rings. The fourth-order valence-electron chi connectivity index (χ4n) is 3.92. The summed E-state index contributed by atoms with van der Waals surface area (Å²) in [5, 5.41) is 0.105. The average Bonchev–Trinajstić information content (AvgIpc) is 2.65. The molecule has 0 spiro atoms. The number of benzene rings is 2. The van der Waals surface area contributed by atoms with E-state index >= 15 is 0 Å². The standard InChI is InChI=1S/C20H17F3N2O2/c1-24-17-11-13(20(21,22)23)9-10-15(17)18(26)25(19(24)27)16-8-4-6-12-5-2-3-7-14(12)16/h2-3,5,7,9-11,16H,4,6,8H2,1H3. The van der Waals surface area contributed by atoms with E-state index in [1.54, 1.807) is 0 Å². The molecule has 140 valence electrons. The van der Waals surface area contributed by atoms with E-state index in [9.17, 15) is 22.8 Å². The van der Waals surface area contributed by atoms with Crippen molar-refractivity contribution in [2.24, 2.45) is 7.05 Å². The van der Waals surface area contributed by atoms with E-state index in [4.69, 9.17) is 0 Å². The lowest BCUT2D eigenvalue weighted by molar-refractivity contribution is -0.137. The topological polar surface area (TPSA) is 44.0 Å². The van der Waals surface area contributed by atoms with Crippen molar-refractivity contribution in [1.82, 2.24) is 9.13 Å². The molecule has 0 saturated heterocycles. The Morgan fingerprint density at radius 1 is 1.07 bits per heavy atom. The summed E-state index contributed by atoms with van der Waals surface area (Å²) in [6.07, 6.45) is -2.19. The Bertz CT molecular complexity index is 1160. The summed E-state index contributed by atoms with van der Waals surface area (Å²) >= 11 is 0. The number of fused-ring (bicyclic) bond motifs is 2. The van der Waals surface area contributed by atoms with Crippen LogP contribution in [0.2, 0.25) is 0 Å². The number of halogens is 3. The molecule has 0 bridgehead atoms. The van der Waals surface area contributed by atoms with E-state index < -0.39 is 29.0 Å². The molecule has 0 saturated carbocycles. The Morgan fingerprint density at radius 2 is 1.81 bits per heavy atom. The largest absolute Gasteiger partial charge is 0.416 e. The molecule has 1 unspecified atom stereocenters. The minimum absolute atomic E-state index is 0.0137. The van der Waals surface area contributed by atoms with E-state index in [1.807, 2.05) is 24.3 Å². The molecule has 0 radical (unpaired) electrons. The summed E-state index contributed by atoms with van der Waals surface area (Å²) in [5.74, 6) is 0. The zero-order valence-electron chi connectivity index (χ0n) is 14.6. The van der Waals surface area contributed by atoms with Crippen LogP contribution in [0.1, 0.15) is 35.6 Å². The molecular formula is C20H17F3N2O2. The van der Waals surface area contributed by atoms with Gasteiger partial charge in [-0.05, 0) is 48.6 Å². The van der Waals surface area contributed by atoms with Crippen LogP contribution in [-0.4, -0.2) is 9.13 Å². The first-order valence-corrected chi connectivity index (χ1v) is 8.69. The van der Waals surface area contributed by atoms with Crippen LogP contribution in [0.15, 0.2) is 52.1 Å². The molecule has 4 nitrogen and oxygen atoms in total. The lowest BCUT2D eigenvalue weighted by atomic mass is 9.87. The maximum Gasteiger partial charge on any atom is 0.416 e. The first-order chi connectivity index (χ1) is 12.8. The lowest BCUT2D eigenvalue weighted by Gasteiger charge is -2.27. The van der Waals surface area contributed by atoms with Crippen molar-refractivity contribution >= 4 is 10.9 Å². The molecule has 1 heterocycles. The van der Waals surface area contributed by atoms with Gasteiger partial charge in [0.15, 0.2) is 0 Å².